The number of nitrogens with zero attached hydrogens (tertiary/aromatic N) is 2. The number of hydrogen-bond donors (Lipinski definition) is 0. The smallest absolute Gasteiger partial charge is 0.224 e. The van der Waals surface area contributed by atoms with Crippen molar-refractivity contribution in [1.29, 1.82) is 0 Å². The van der Waals surface area contributed by atoms with E-state index in [1.165, 1.54) is 42.0 Å². The lowest BCUT2D eigenvalue weighted by atomic mass is 10.0. The lowest BCUT2D eigenvalue weighted by molar-refractivity contribution is -0.134. The maximum Gasteiger partial charge on any atom is 0.224 e. The Morgan fingerprint density at radius 3 is 2.69 bits per heavy atom. The highest BCUT2D eigenvalue weighted by atomic mass is 16.2. The van der Waals surface area contributed by atoms with Gasteiger partial charge in [-0.25, -0.2) is 0 Å². The average molecular weight is 351 g/mol. The number of rotatable bonds is 6. The molecule has 1 aliphatic carbocycles. The fourth-order valence-electron chi connectivity index (χ4n) is 4.33. The quantitative estimate of drug-likeness (QED) is 0.760. The van der Waals surface area contributed by atoms with E-state index in [4.69, 9.17) is 0 Å². The van der Waals surface area contributed by atoms with E-state index in [9.17, 15) is 4.79 Å². The minimum atomic E-state index is 0.348. The van der Waals surface area contributed by atoms with E-state index in [1.54, 1.807) is 0 Å². The SMILES string of the molecule is CC1CCCCN1C(=O)CCN(Cc1cccc2ccccc12)C1CC1. The maximum absolute atomic E-state index is 12.7. The van der Waals surface area contributed by atoms with Gasteiger partial charge in [-0.05, 0) is 55.4 Å². The third-order valence-electron chi connectivity index (χ3n) is 6.05. The van der Waals surface area contributed by atoms with Crippen molar-refractivity contribution in [2.45, 2.75) is 64.1 Å². The number of fused-ring (bicyclic) bond motifs is 1. The summed E-state index contributed by atoms with van der Waals surface area (Å²) in [6.45, 7) is 4.99. The van der Waals surface area contributed by atoms with Gasteiger partial charge < -0.3 is 4.90 Å². The molecule has 3 nitrogen and oxygen atoms in total. The summed E-state index contributed by atoms with van der Waals surface area (Å²) in [5, 5.41) is 2.65. The van der Waals surface area contributed by atoms with E-state index in [1.807, 2.05) is 0 Å². The zero-order valence-electron chi connectivity index (χ0n) is 15.9. The molecule has 1 atom stereocenters. The van der Waals surface area contributed by atoms with Crippen LogP contribution in [0.25, 0.3) is 10.8 Å². The predicted octanol–water partition coefficient (Wildman–Crippen LogP) is 4.60. The van der Waals surface area contributed by atoms with Crippen molar-refractivity contribution >= 4 is 16.7 Å². The minimum absolute atomic E-state index is 0.348. The molecule has 2 aromatic rings. The number of carbonyl (C=O) groups is 1. The first-order valence-corrected chi connectivity index (χ1v) is 10.2. The van der Waals surface area contributed by atoms with Gasteiger partial charge in [-0.1, -0.05) is 42.5 Å². The van der Waals surface area contributed by atoms with Gasteiger partial charge in [0.05, 0.1) is 0 Å². The van der Waals surface area contributed by atoms with E-state index in [2.05, 4.69) is 59.2 Å². The van der Waals surface area contributed by atoms with E-state index in [0.29, 0.717) is 24.4 Å². The Labute approximate surface area is 157 Å². The highest BCUT2D eigenvalue weighted by Gasteiger charge is 2.30. The van der Waals surface area contributed by atoms with E-state index < -0.39 is 0 Å². The van der Waals surface area contributed by atoms with Crippen LogP contribution < -0.4 is 0 Å². The van der Waals surface area contributed by atoms with Gasteiger partial charge in [-0.15, -0.1) is 0 Å². The Morgan fingerprint density at radius 1 is 1.08 bits per heavy atom. The summed E-state index contributed by atoms with van der Waals surface area (Å²) in [6, 6.07) is 16.3. The standard InChI is InChI=1S/C23H30N2O/c1-18-7-4-5-15-25(18)23(26)14-16-24(21-12-13-21)17-20-10-6-9-19-8-2-3-11-22(19)20/h2-3,6,8-11,18,21H,4-5,7,12-17H2,1H3. The fraction of sp³-hybridized carbons (Fsp3) is 0.522. The zero-order valence-corrected chi connectivity index (χ0v) is 15.9. The summed E-state index contributed by atoms with van der Waals surface area (Å²) < 4.78 is 0. The van der Waals surface area contributed by atoms with Crippen molar-refractivity contribution in [1.82, 2.24) is 9.80 Å². The molecule has 1 saturated heterocycles. The van der Waals surface area contributed by atoms with Crippen LogP contribution in [0, 0.1) is 0 Å². The van der Waals surface area contributed by atoms with Crippen LogP contribution in [-0.2, 0) is 11.3 Å². The molecule has 0 radical (unpaired) electrons. The maximum atomic E-state index is 12.7. The summed E-state index contributed by atoms with van der Waals surface area (Å²) in [7, 11) is 0. The normalized spacial score (nSPS) is 20.7. The van der Waals surface area contributed by atoms with Crippen molar-refractivity contribution < 1.29 is 4.79 Å². The Balaban J connectivity index is 1.42. The summed E-state index contributed by atoms with van der Waals surface area (Å²) in [5.41, 5.74) is 1.38. The molecule has 1 unspecified atom stereocenters. The van der Waals surface area contributed by atoms with Crippen LogP contribution in [0.15, 0.2) is 42.5 Å². The highest BCUT2D eigenvalue weighted by molar-refractivity contribution is 5.85. The molecule has 2 aromatic carbocycles. The second kappa shape index (κ2) is 7.79. The van der Waals surface area contributed by atoms with Crippen LogP contribution in [0.5, 0.6) is 0 Å². The van der Waals surface area contributed by atoms with Gasteiger partial charge in [0.2, 0.25) is 5.91 Å². The zero-order chi connectivity index (χ0) is 17.9. The molecule has 1 heterocycles. The first kappa shape index (κ1) is 17.5. The Morgan fingerprint density at radius 2 is 1.88 bits per heavy atom. The van der Waals surface area contributed by atoms with Crippen LogP contribution >= 0.6 is 0 Å². The number of likely N-dealkylation sites (tertiary alicyclic amines) is 1. The number of piperidine rings is 1. The third-order valence-corrected chi connectivity index (χ3v) is 6.05. The monoisotopic (exact) mass is 350 g/mol. The molecule has 0 aromatic heterocycles. The lowest BCUT2D eigenvalue weighted by Crippen LogP contribution is -2.43. The summed E-state index contributed by atoms with van der Waals surface area (Å²) in [4.78, 5) is 17.4. The van der Waals surface area contributed by atoms with Crippen LogP contribution in [0.3, 0.4) is 0 Å². The van der Waals surface area contributed by atoms with Crippen molar-refractivity contribution in [2.75, 3.05) is 13.1 Å². The van der Waals surface area contributed by atoms with E-state index in [0.717, 1.165) is 26.1 Å². The van der Waals surface area contributed by atoms with E-state index >= 15 is 0 Å². The number of carbonyl (C=O) groups excluding carboxylic acids is 1. The molecule has 26 heavy (non-hydrogen) atoms. The van der Waals surface area contributed by atoms with Gasteiger partial charge in [-0.3, -0.25) is 9.69 Å². The largest absolute Gasteiger partial charge is 0.340 e. The van der Waals surface area contributed by atoms with Crippen LogP contribution in [0.1, 0.15) is 51.0 Å². The van der Waals surface area contributed by atoms with Crippen molar-refractivity contribution in [3.05, 3.63) is 48.0 Å². The molecule has 4 rings (SSSR count). The molecule has 2 fully saturated rings. The van der Waals surface area contributed by atoms with Crippen molar-refractivity contribution in [3.8, 4) is 0 Å². The van der Waals surface area contributed by atoms with Gasteiger partial charge in [0.15, 0.2) is 0 Å². The Bertz CT molecular complexity index is 762. The molecule has 1 amide bonds. The van der Waals surface area contributed by atoms with Crippen LogP contribution in [-0.4, -0.2) is 40.9 Å². The van der Waals surface area contributed by atoms with Gasteiger partial charge >= 0.3 is 0 Å². The Hall–Kier alpha value is -1.87. The summed E-state index contributed by atoms with van der Waals surface area (Å²) in [5.74, 6) is 0.348. The Kier molecular flexibility index (Phi) is 5.26. The fourth-order valence-corrected chi connectivity index (χ4v) is 4.33. The first-order chi connectivity index (χ1) is 12.7. The molecule has 1 aliphatic heterocycles. The van der Waals surface area contributed by atoms with Gasteiger partial charge in [0, 0.05) is 38.1 Å². The molecule has 1 saturated carbocycles. The van der Waals surface area contributed by atoms with Crippen molar-refractivity contribution in [2.24, 2.45) is 0 Å². The lowest BCUT2D eigenvalue weighted by Gasteiger charge is -2.34. The van der Waals surface area contributed by atoms with Gasteiger partial charge in [0.25, 0.3) is 0 Å². The van der Waals surface area contributed by atoms with Gasteiger partial charge in [-0.2, -0.15) is 0 Å². The van der Waals surface area contributed by atoms with Crippen molar-refractivity contribution in [3.63, 3.8) is 0 Å². The second-order valence-electron chi connectivity index (χ2n) is 8.02. The first-order valence-electron chi connectivity index (χ1n) is 10.2. The molecular weight excluding hydrogens is 320 g/mol. The topological polar surface area (TPSA) is 23.6 Å². The summed E-state index contributed by atoms with van der Waals surface area (Å²) in [6.07, 6.45) is 6.80. The summed E-state index contributed by atoms with van der Waals surface area (Å²) >= 11 is 0. The third kappa shape index (κ3) is 3.93. The predicted molar refractivity (Wildman–Crippen MR) is 107 cm³/mol. The van der Waals surface area contributed by atoms with Crippen LogP contribution in [0.2, 0.25) is 0 Å². The average Bonchev–Trinajstić information content (AvgIpc) is 3.50. The molecular formula is C23H30N2O. The number of amides is 1. The molecule has 3 heteroatoms. The number of benzene rings is 2. The molecule has 0 spiro atoms. The minimum Gasteiger partial charge on any atom is -0.340 e. The van der Waals surface area contributed by atoms with Crippen LogP contribution in [0.4, 0.5) is 0 Å². The van der Waals surface area contributed by atoms with Gasteiger partial charge in [0.1, 0.15) is 0 Å². The van der Waals surface area contributed by atoms with E-state index in [-0.39, 0.29) is 0 Å². The molecule has 2 aliphatic rings. The molecule has 0 bridgehead atoms. The highest BCUT2D eigenvalue weighted by Crippen LogP contribution is 2.30. The second-order valence-corrected chi connectivity index (χ2v) is 8.02. The number of hydrogen-bond acceptors (Lipinski definition) is 2. The molecule has 0 N–H and O–H groups in total. The molecule has 138 valence electrons.